The molecule has 0 aliphatic heterocycles. The molecule has 162 valence electrons. The number of aromatic nitrogens is 3. The van der Waals surface area contributed by atoms with E-state index < -0.39 is 0 Å². The van der Waals surface area contributed by atoms with Crippen LogP contribution in [-0.2, 0) is 0 Å². The minimum Gasteiger partial charge on any atom is -0.208 e. The second-order valence-electron chi connectivity index (χ2n) is 7.89. The molecule has 0 saturated heterocycles. The first kappa shape index (κ1) is 21.2. The minimum absolute atomic E-state index is 0.635. The van der Waals surface area contributed by atoms with E-state index in [-0.39, 0.29) is 0 Å². The van der Waals surface area contributed by atoms with Crippen molar-refractivity contribution in [2.45, 2.75) is 0 Å². The van der Waals surface area contributed by atoms with Crippen LogP contribution in [0.3, 0.4) is 0 Å². The Hall–Kier alpha value is -4.63. The Bertz CT molecular complexity index is 1410. The third-order valence-corrected chi connectivity index (χ3v) is 5.66. The van der Waals surface area contributed by atoms with Crippen LogP contribution in [0.2, 0.25) is 0 Å². The summed E-state index contributed by atoms with van der Waals surface area (Å²) in [6.07, 6.45) is 1.77. The highest BCUT2D eigenvalue weighted by Crippen LogP contribution is 2.33. The smallest absolute Gasteiger partial charge is 0.164 e. The number of hydrogen-bond donors (Lipinski definition) is 0. The predicted molar refractivity (Wildman–Crippen MR) is 141 cm³/mol. The lowest BCUT2D eigenvalue weighted by atomic mass is 9.96. The minimum atomic E-state index is 0.635. The van der Waals surface area contributed by atoms with E-state index in [4.69, 9.17) is 15.0 Å². The molecule has 0 spiro atoms. The average molecular weight is 438 g/mol. The number of benzene rings is 4. The molecule has 3 heteroatoms. The quantitative estimate of drug-likeness (QED) is 0.255. The molecule has 0 bridgehead atoms. The Morgan fingerprint density at radius 2 is 1.03 bits per heavy atom. The van der Waals surface area contributed by atoms with Gasteiger partial charge in [-0.15, -0.1) is 0 Å². The van der Waals surface area contributed by atoms with E-state index in [1.165, 1.54) is 0 Å². The Morgan fingerprint density at radius 3 is 1.62 bits per heavy atom. The van der Waals surface area contributed by atoms with Crippen molar-refractivity contribution >= 4 is 5.57 Å². The van der Waals surface area contributed by atoms with Crippen LogP contribution in [0.4, 0.5) is 0 Å². The summed E-state index contributed by atoms with van der Waals surface area (Å²) in [5, 5.41) is 0. The third-order valence-electron chi connectivity index (χ3n) is 5.66. The lowest BCUT2D eigenvalue weighted by Gasteiger charge is -2.13. The molecule has 0 N–H and O–H groups in total. The highest BCUT2D eigenvalue weighted by Gasteiger charge is 2.15. The van der Waals surface area contributed by atoms with Crippen molar-refractivity contribution in [3.63, 3.8) is 0 Å². The SMILES string of the molecule is C=CC(=C)c1cccc(-c2ccccc2-c2nc(-c3ccccc3)nc(-c3ccccc3)n2)c1. The highest BCUT2D eigenvalue weighted by atomic mass is 15.0. The van der Waals surface area contributed by atoms with E-state index in [2.05, 4.69) is 37.4 Å². The lowest BCUT2D eigenvalue weighted by molar-refractivity contribution is 1.07. The second kappa shape index (κ2) is 9.47. The van der Waals surface area contributed by atoms with Crippen molar-refractivity contribution in [1.29, 1.82) is 0 Å². The number of rotatable bonds is 6. The molecule has 5 rings (SSSR count). The second-order valence-corrected chi connectivity index (χ2v) is 7.89. The van der Waals surface area contributed by atoms with Crippen LogP contribution in [0.15, 0.2) is 128 Å². The molecule has 0 atom stereocenters. The van der Waals surface area contributed by atoms with Gasteiger partial charge in [-0.25, -0.2) is 15.0 Å². The molecule has 0 fully saturated rings. The molecule has 0 aliphatic carbocycles. The molecular weight excluding hydrogens is 414 g/mol. The molecule has 1 heterocycles. The highest BCUT2D eigenvalue weighted by molar-refractivity contribution is 5.84. The third kappa shape index (κ3) is 4.32. The Balaban J connectivity index is 1.71. The summed E-state index contributed by atoms with van der Waals surface area (Å²) in [6, 6.07) is 36.5. The zero-order valence-corrected chi connectivity index (χ0v) is 18.7. The molecule has 34 heavy (non-hydrogen) atoms. The zero-order chi connectivity index (χ0) is 23.3. The van der Waals surface area contributed by atoms with E-state index in [1.807, 2.05) is 84.9 Å². The standard InChI is InChI=1S/C31H23N3/c1-3-22(2)25-17-12-18-26(21-25)27-19-10-11-20-28(27)31-33-29(23-13-6-4-7-14-23)32-30(34-31)24-15-8-5-9-16-24/h3-21H,1-2H2. The van der Waals surface area contributed by atoms with Crippen LogP contribution < -0.4 is 0 Å². The van der Waals surface area contributed by atoms with Crippen molar-refractivity contribution < 1.29 is 0 Å². The van der Waals surface area contributed by atoms with Gasteiger partial charge in [-0.2, -0.15) is 0 Å². The maximum Gasteiger partial charge on any atom is 0.164 e. The molecule has 0 saturated carbocycles. The van der Waals surface area contributed by atoms with Gasteiger partial charge in [-0.3, -0.25) is 0 Å². The van der Waals surface area contributed by atoms with Crippen LogP contribution in [0.5, 0.6) is 0 Å². The Kier molecular flexibility index (Phi) is 5.91. The van der Waals surface area contributed by atoms with Crippen molar-refractivity contribution in [2.75, 3.05) is 0 Å². The maximum absolute atomic E-state index is 4.90. The molecule has 1 aromatic heterocycles. The summed E-state index contributed by atoms with van der Waals surface area (Å²) in [6.45, 7) is 7.95. The lowest BCUT2D eigenvalue weighted by Crippen LogP contribution is -2.01. The molecule has 0 radical (unpaired) electrons. The first-order chi connectivity index (χ1) is 16.7. The van der Waals surface area contributed by atoms with Gasteiger partial charge in [0.25, 0.3) is 0 Å². The summed E-state index contributed by atoms with van der Waals surface area (Å²) in [7, 11) is 0. The van der Waals surface area contributed by atoms with Crippen LogP contribution in [0.1, 0.15) is 5.56 Å². The van der Waals surface area contributed by atoms with Crippen LogP contribution >= 0.6 is 0 Å². The van der Waals surface area contributed by atoms with E-state index in [9.17, 15) is 0 Å². The van der Waals surface area contributed by atoms with Crippen molar-refractivity contribution in [1.82, 2.24) is 15.0 Å². The first-order valence-corrected chi connectivity index (χ1v) is 11.1. The van der Waals surface area contributed by atoms with E-state index >= 15 is 0 Å². The van der Waals surface area contributed by atoms with Crippen LogP contribution in [0.25, 0.3) is 50.9 Å². The largest absolute Gasteiger partial charge is 0.208 e. The van der Waals surface area contributed by atoms with Gasteiger partial charge < -0.3 is 0 Å². The van der Waals surface area contributed by atoms with Gasteiger partial charge in [-0.05, 0) is 28.3 Å². The van der Waals surface area contributed by atoms with Crippen molar-refractivity contribution in [2.24, 2.45) is 0 Å². The summed E-state index contributed by atoms with van der Waals surface area (Å²) in [5.41, 5.74) is 6.88. The van der Waals surface area contributed by atoms with Gasteiger partial charge in [0.15, 0.2) is 17.5 Å². The summed E-state index contributed by atoms with van der Waals surface area (Å²) >= 11 is 0. The molecule has 5 aromatic rings. The number of nitrogens with zero attached hydrogens (tertiary/aromatic N) is 3. The molecule has 0 amide bonds. The van der Waals surface area contributed by atoms with Gasteiger partial charge in [0.2, 0.25) is 0 Å². The van der Waals surface area contributed by atoms with Crippen molar-refractivity contribution in [3.8, 4) is 45.3 Å². The van der Waals surface area contributed by atoms with Gasteiger partial charge in [-0.1, -0.05) is 122 Å². The predicted octanol–water partition coefficient (Wildman–Crippen LogP) is 7.74. The Labute approximate surface area is 199 Å². The maximum atomic E-state index is 4.90. The molecule has 3 nitrogen and oxygen atoms in total. The van der Waals surface area contributed by atoms with Gasteiger partial charge in [0, 0.05) is 16.7 Å². The number of hydrogen-bond acceptors (Lipinski definition) is 3. The van der Waals surface area contributed by atoms with Crippen LogP contribution in [-0.4, -0.2) is 15.0 Å². The molecular formula is C31H23N3. The zero-order valence-electron chi connectivity index (χ0n) is 18.7. The van der Waals surface area contributed by atoms with E-state index in [0.717, 1.165) is 39.0 Å². The normalized spacial score (nSPS) is 10.6. The van der Waals surface area contributed by atoms with Gasteiger partial charge in [0.05, 0.1) is 0 Å². The summed E-state index contributed by atoms with van der Waals surface area (Å²) in [4.78, 5) is 14.6. The average Bonchev–Trinajstić information content (AvgIpc) is 2.93. The summed E-state index contributed by atoms with van der Waals surface area (Å²) in [5.74, 6) is 1.93. The molecule has 0 aliphatic rings. The monoisotopic (exact) mass is 437 g/mol. The Morgan fingerprint density at radius 1 is 0.529 bits per heavy atom. The van der Waals surface area contributed by atoms with Crippen LogP contribution in [0, 0.1) is 0 Å². The summed E-state index contributed by atoms with van der Waals surface area (Å²) < 4.78 is 0. The van der Waals surface area contributed by atoms with Gasteiger partial charge >= 0.3 is 0 Å². The first-order valence-electron chi connectivity index (χ1n) is 11.1. The molecule has 0 unspecified atom stereocenters. The fraction of sp³-hybridized carbons (Fsp3) is 0. The van der Waals surface area contributed by atoms with Crippen molar-refractivity contribution in [3.05, 3.63) is 134 Å². The van der Waals surface area contributed by atoms with E-state index in [0.29, 0.717) is 17.5 Å². The fourth-order valence-electron chi connectivity index (χ4n) is 3.86. The van der Waals surface area contributed by atoms with Gasteiger partial charge in [0.1, 0.15) is 0 Å². The topological polar surface area (TPSA) is 38.7 Å². The fourth-order valence-corrected chi connectivity index (χ4v) is 3.86. The van der Waals surface area contributed by atoms with E-state index in [1.54, 1.807) is 6.08 Å². The molecule has 4 aromatic carbocycles. The number of allylic oxidation sites excluding steroid dienone is 2.